The first kappa shape index (κ1) is 27.2. The quantitative estimate of drug-likeness (QED) is 0.435. The second kappa shape index (κ2) is 13.0. The molecule has 3 N–H and O–H groups in total. The van der Waals surface area contributed by atoms with E-state index in [9.17, 15) is 9.59 Å². The number of benzene rings is 1. The average molecular weight is 468 g/mol. The van der Waals surface area contributed by atoms with Gasteiger partial charge in [-0.3, -0.25) is 14.6 Å². The van der Waals surface area contributed by atoms with E-state index in [1.807, 2.05) is 56.3 Å². The van der Waals surface area contributed by atoms with Crippen LogP contribution in [0, 0.1) is 18.3 Å². The van der Waals surface area contributed by atoms with Crippen molar-refractivity contribution in [3.05, 3.63) is 60.8 Å². The molecule has 0 fully saturated rings. The number of anilines is 1. The van der Waals surface area contributed by atoms with Gasteiger partial charge in [-0.05, 0) is 69.0 Å². The van der Waals surface area contributed by atoms with Crippen LogP contribution >= 0.6 is 0 Å². The molecule has 2 amide bonds. The fraction of sp³-hybridized carbons (Fsp3) is 0.481. The maximum atomic E-state index is 12.4. The lowest BCUT2D eigenvalue weighted by Gasteiger charge is -2.35. The Bertz CT molecular complexity index is 898. The van der Waals surface area contributed by atoms with Crippen LogP contribution in [0.25, 0.3) is 0 Å². The minimum Gasteiger partial charge on any atom is -0.487 e. The van der Waals surface area contributed by atoms with E-state index in [-0.39, 0.29) is 11.8 Å². The molecule has 2 aromatic rings. The second-order valence-corrected chi connectivity index (χ2v) is 9.82. The van der Waals surface area contributed by atoms with Gasteiger partial charge in [-0.25, -0.2) is 0 Å². The SMILES string of the molecule is CC(C)CCN(CC(C)(C)NC(=O)[CH]CC(C)C(N)=O)c1ccc(OCc2ccccn2)cc1. The van der Waals surface area contributed by atoms with Gasteiger partial charge in [0.25, 0.3) is 0 Å². The third-order valence-electron chi connectivity index (χ3n) is 5.48. The van der Waals surface area contributed by atoms with Crippen molar-refractivity contribution >= 4 is 17.5 Å². The Labute approximate surface area is 204 Å². The topological polar surface area (TPSA) is 97.6 Å². The van der Waals surface area contributed by atoms with E-state index in [1.165, 1.54) is 6.42 Å². The summed E-state index contributed by atoms with van der Waals surface area (Å²) in [6.45, 7) is 12.1. The molecule has 7 heteroatoms. The third-order valence-corrected chi connectivity index (χ3v) is 5.48. The number of carbonyl (C=O) groups excluding carboxylic acids is 2. The van der Waals surface area contributed by atoms with Crippen molar-refractivity contribution in [3.63, 3.8) is 0 Å². The number of hydrogen-bond acceptors (Lipinski definition) is 5. The summed E-state index contributed by atoms with van der Waals surface area (Å²) in [7, 11) is 0. The smallest absolute Gasteiger partial charge is 0.224 e. The van der Waals surface area contributed by atoms with Crippen LogP contribution in [0.5, 0.6) is 5.75 Å². The van der Waals surface area contributed by atoms with Crippen LogP contribution in [0.3, 0.4) is 0 Å². The number of hydrogen-bond donors (Lipinski definition) is 2. The number of pyridine rings is 1. The van der Waals surface area contributed by atoms with Gasteiger partial charge < -0.3 is 20.7 Å². The summed E-state index contributed by atoms with van der Waals surface area (Å²) in [5.41, 5.74) is 6.76. The van der Waals surface area contributed by atoms with Gasteiger partial charge in [-0.1, -0.05) is 26.8 Å². The Morgan fingerprint density at radius 2 is 1.85 bits per heavy atom. The third kappa shape index (κ3) is 9.81. The molecule has 1 unspecified atom stereocenters. The molecule has 0 spiro atoms. The monoisotopic (exact) mass is 467 g/mol. The van der Waals surface area contributed by atoms with Crippen molar-refractivity contribution in [3.8, 4) is 5.75 Å². The Morgan fingerprint density at radius 1 is 1.15 bits per heavy atom. The van der Waals surface area contributed by atoms with E-state index >= 15 is 0 Å². The normalized spacial score (nSPS) is 12.3. The van der Waals surface area contributed by atoms with Gasteiger partial charge >= 0.3 is 0 Å². The molecule has 1 radical (unpaired) electrons. The van der Waals surface area contributed by atoms with Crippen molar-refractivity contribution in [2.75, 3.05) is 18.0 Å². The lowest BCUT2D eigenvalue weighted by atomic mass is 10.0. The molecule has 0 aliphatic carbocycles. The Morgan fingerprint density at radius 3 is 2.44 bits per heavy atom. The molecule has 2 rings (SSSR count). The number of ether oxygens (including phenoxy) is 1. The first-order valence-electron chi connectivity index (χ1n) is 11.9. The molecule has 0 aliphatic heterocycles. The molecular formula is C27H39N4O3. The second-order valence-electron chi connectivity index (χ2n) is 9.82. The summed E-state index contributed by atoms with van der Waals surface area (Å²) in [6, 6.07) is 13.8. The summed E-state index contributed by atoms with van der Waals surface area (Å²) in [6.07, 6.45) is 4.62. The maximum Gasteiger partial charge on any atom is 0.224 e. The highest BCUT2D eigenvalue weighted by Crippen LogP contribution is 2.23. The molecule has 0 saturated heterocycles. The molecule has 0 bridgehead atoms. The van der Waals surface area contributed by atoms with Crippen LogP contribution in [-0.4, -0.2) is 35.4 Å². The van der Waals surface area contributed by atoms with Crippen molar-refractivity contribution in [2.45, 2.75) is 59.6 Å². The first-order chi connectivity index (χ1) is 16.1. The van der Waals surface area contributed by atoms with Gasteiger partial charge in [0.2, 0.25) is 11.8 Å². The lowest BCUT2D eigenvalue weighted by Crippen LogP contribution is -2.52. The molecule has 185 valence electrons. The predicted octanol–water partition coefficient (Wildman–Crippen LogP) is 4.12. The van der Waals surface area contributed by atoms with E-state index < -0.39 is 11.4 Å². The van der Waals surface area contributed by atoms with E-state index in [2.05, 4.69) is 29.0 Å². The van der Waals surface area contributed by atoms with Gasteiger partial charge in [0.1, 0.15) is 12.4 Å². The van der Waals surface area contributed by atoms with Crippen LogP contribution in [0.2, 0.25) is 0 Å². The minimum atomic E-state index is -0.478. The van der Waals surface area contributed by atoms with Crippen molar-refractivity contribution in [1.29, 1.82) is 0 Å². The summed E-state index contributed by atoms with van der Waals surface area (Å²) in [5.74, 6) is 0.374. The maximum absolute atomic E-state index is 12.4. The number of primary amides is 1. The van der Waals surface area contributed by atoms with Gasteiger partial charge in [0.15, 0.2) is 0 Å². The fourth-order valence-electron chi connectivity index (χ4n) is 3.41. The van der Waals surface area contributed by atoms with Crippen molar-refractivity contribution in [2.24, 2.45) is 17.6 Å². The summed E-state index contributed by atoms with van der Waals surface area (Å²) in [4.78, 5) is 30.2. The van der Waals surface area contributed by atoms with Crippen LogP contribution in [-0.2, 0) is 16.2 Å². The predicted molar refractivity (Wildman–Crippen MR) is 136 cm³/mol. The van der Waals surface area contributed by atoms with Crippen molar-refractivity contribution in [1.82, 2.24) is 10.3 Å². The largest absolute Gasteiger partial charge is 0.487 e. The molecule has 0 aliphatic rings. The highest BCUT2D eigenvalue weighted by atomic mass is 16.5. The molecule has 1 heterocycles. The number of nitrogens with two attached hydrogens (primary N) is 1. The molecule has 34 heavy (non-hydrogen) atoms. The molecule has 0 saturated carbocycles. The summed E-state index contributed by atoms with van der Waals surface area (Å²) in [5, 5.41) is 3.07. The molecule has 1 aromatic carbocycles. The Hall–Kier alpha value is -3.09. The molecule has 1 aromatic heterocycles. The number of nitrogens with one attached hydrogen (secondary N) is 1. The van der Waals surface area contributed by atoms with Gasteiger partial charge in [0, 0.05) is 30.9 Å². The minimum absolute atomic E-state index is 0.194. The number of rotatable bonds is 14. The Kier molecular flexibility index (Phi) is 10.4. The van der Waals surface area contributed by atoms with Crippen LogP contribution in [0.4, 0.5) is 5.69 Å². The van der Waals surface area contributed by atoms with Crippen molar-refractivity contribution < 1.29 is 14.3 Å². The summed E-state index contributed by atoms with van der Waals surface area (Å²) >= 11 is 0. The molecular weight excluding hydrogens is 428 g/mol. The number of carbonyl (C=O) groups is 2. The zero-order valence-corrected chi connectivity index (χ0v) is 21.1. The van der Waals surface area contributed by atoms with E-state index in [0.717, 1.165) is 30.1 Å². The van der Waals surface area contributed by atoms with Gasteiger partial charge in [-0.2, -0.15) is 0 Å². The average Bonchev–Trinajstić information content (AvgIpc) is 2.79. The highest BCUT2D eigenvalue weighted by Gasteiger charge is 2.25. The number of amides is 2. The van der Waals surface area contributed by atoms with Gasteiger partial charge in [0.05, 0.1) is 17.7 Å². The Balaban J connectivity index is 2.01. The van der Waals surface area contributed by atoms with Crippen LogP contribution < -0.4 is 20.7 Å². The van der Waals surface area contributed by atoms with E-state index in [1.54, 1.807) is 13.1 Å². The van der Waals surface area contributed by atoms with E-state index in [0.29, 0.717) is 25.5 Å². The molecule has 7 nitrogen and oxygen atoms in total. The fourth-order valence-corrected chi connectivity index (χ4v) is 3.41. The number of aromatic nitrogens is 1. The van der Waals surface area contributed by atoms with Crippen LogP contribution in [0.1, 0.15) is 53.2 Å². The standard InChI is InChI=1S/C27H39N4O3/c1-20(2)15-17-31(19-27(4,5)30-25(32)14-9-21(3)26(28)33)23-10-12-24(13-11-23)34-18-22-8-6-7-16-29-22/h6-8,10-14,16,20-21H,9,15,17-19H2,1-5H3,(H2,28,33)(H,30,32). The molecule has 1 atom stereocenters. The van der Waals surface area contributed by atoms with E-state index in [4.69, 9.17) is 10.5 Å². The zero-order valence-electron chi connectivity index (χ0n) is 21.1. The number of nitrogens with zero attached hydrogens (tertiary/aromatic N) is 2. The highest BCUT2D eigenvalue weighted by molar-refractivity contribution is 5.86. The summed E-state index contributed by atoms with van der Waals surface area (Å²) < 4.78 is 5.87. The first-order valence-corrected chi connectivity index (χ1v) is 11.9. The van der Waals surface area contributed by atoms with Crippen LogP contribution in [0.15, 0.2) is 48.7 Å². The van der Waals surface area contributed by atoms with Gasteiger partial charge in [-0.15, -0.1) is 0 Å². The zero-order chi connectivity index (χ0) is 25.1. The lowest BCUT2D eigenvalue weighted by molar-refractivity contribution is -0.121.